The lowest BCUT2D eigenvalue weighted by molar-refractivity contribution is 0.0719. The number of rotatable bonds is 6. The van der Waals surface area contributed by atoms with Gasteiger partial charge in [-0.3, -0.25) is 10.0 Å². The average Bonchev–Trinajstić information content (AvgIpc) is 3.07. The standard InChI is InChI=1S/C19H19ClN4/c20-19-8-6-16(7-9-19)10-11-23-14-22-15-24(23)13-18(12-21)17-4-2-1-3-5-17/h1-9,14,18H,10-11,13,15H2. The molecule has 0 saturated carbocycles. The number of hydrogen-bond donors (Lipinski definition) is 0. The Morgan fingerprint density at radius 1 is 1.12 bits per heavy atom. The van der Waals surface area contributed by atoms with E-state index in [1.807, 2.05) is 60.9 Å². The van der Waals surface area contributed by atoms with E-state index in [1.54, 1.807) is 0 Å². The van der Waals surface area contributed by atoms with Gasteiger partial charge in [-0.2, -0.15) is 10.3 Å². The molecule has 0 fully saturated rings. The van der Waals surface area contributed by atoms with Gasteiger partial charge in [0.25, 0.3) is 0 Å². The molecule has 2 aromatic carbocycles. The molecule has 0 N–H and O–H groups in total. The largest absolute Gasteiger partial charge is 0.294 e. The molecule has 4 nitrogen and oxygen atoms in total. The zero-order valence-corrected chi connectivity index (χ0v) is 14.1. The summed E-state index contributed by atoms with van der Waals surface area (Å²) in [6.45, 7) is 2.07. The van der Waals surface area contributed by atoms with E-state index in [0.717, 1.165) is 23.6 Å². The first kappa shape index (κ1) is 16.5. The Hall–Kier alpha value is -2.35. The Balaban J connectivity index is 1.59. The van der Waals surface area contributed by atoms with E-state index < -0.39 is 0 Å². The highest BCUT2D eigenvalue weighted by molar-refractivity contribution is 6.30. The molecule has 1 aliphatic heterocycles. The van der Waals surface area contributed by atoms with Crippen LogP contribution in [0.2, 0.25) is 5.02 Å². The SMILES string of the molecule is N#CC(CN1CN=CN1CCc1ccc(Cl)cc1)c1ccccc1. The maximum atomic E-state index is 9.51. The van der Waals surface area contributed by atoms with Crippen molar-refractivity contribution in [2.75, 3.05) is 19.8 Å². The van der Waals surface area contributed by atoms with E-state index in [-0.39, 0.29) is 5.92 Å². The lowest BCUT2D eigenvalue weighted by Crippen LogP contribution is -2.40. The fourth-order valence-corrected chi connectivity index (χ4v) is 2.88. The van der Waals surface area contributed by atoms with Gasteiger partial charge in [0, 0.05) is 18.1 Å². The molecule has 0 aromatic heterocycles. The van der Waals surface area contributed by atoms with Gasteiger partial charge >= 0.3 is 0 Å². The van der Waals surface area contributed by atoms with Crippen LogP contribution in [0.5, 0.6) is 0 Å². The van der Waals surface area contributed by atoms with Gasteiger partial charge in [0.05, 0.1) is 12.0 Å². The minimum Gasteiger partial charge on any atom is -0.294 e. The molecule has 0 aliphatic carbocycles. The topological polar surface area (TPSA) is 42.6 Å². The van der Waals surface area contributed by atoms with Gasteiger partial charge in [-0.1, -0.05) is 54.1 Å². The average molecular weight is 339 g/mol. The molecule has 1 aliphatic rings. The van der Waals surface area contributed by atoms with Crippen LogP contribution >= 0.6 is 11.6 Å². The normalized spacial score (nSPS) is 15.4. The summed E-state index contributed by atoms with van der Waals surface area (Å²) in [4.78, 5) is 4.35. The first-order valence-corrected chi connectivity index (χ1v) is 8.34. The first-order valence-electron chi connectivity index (χ1n) is 7.97. The van der Waals surface area contributed by atoms with Crippen LogP contribution in [0, 0.1) is 11.3 Å². The van der Waals surface area contributed by atoms with Gasteiger partial charge < -0.3 is 0 Å². The van der Waals surface area contributed by atoms with Crippen molar-refractivity contribution in [3.8, 4) is 6.07 Å². The maximum Gasteiger partial charge on any atom is 0.110 e. The fraction of sp³-hybridized carbons (Fsp3) is 0.263. The number of aliphatic imine (C=N–C) groups is 1. The third-order valence-electron chi connectivity index (χ3n) is 4.12. The van der Waals surface area contributed by atoms with E-state index in [2.05, 4.69) is 21.1 Å². The van der Waals surface area contributed by atoms with Crippen molar-refractivity contribution >= 4 is 17.9 Å². The van der Waals surface area contributed by atoms with Gasteiger partial charge in [-0.05, 0) is 29.7 Å². The Labute approximate surface area is 147 Å². The third kappa shape index (κ3) is 4.14. The molecule has 0 saturated heterocycles. The number of halogens is 1. The summed E-state index contributed by atoms with van der Waals surface area (Å²) in [7, 11) is 0. The van der Waals surface area contributed by atoms with Gasteiger partial charge in [0.15, 0.2) is 0 Å². The molecule has 3 rings (SSSR count). The number of benzene rings is 2. The number of hydrogen-bond acceptors (Lipinski definition) is 4. The minimum absolute atomic E-state index is 0.161. The summed E-state index contributed by atoms with van der Waals surface area (Å²) in [5.41, 5.74) is 2.28. The van der Waals surface area contributed by atoms with Crippen LogP contribution in [0.25, 0.3) is 0 Å². The van der Waals surface area contributed by atoms with Crippen molar-refractivity contribution in [2.45, 2.75) is 12.3 Å². The summed E-state index contributed by atoms with van der Waals surface area (Å²) in [6.07, 6.45) is 2.76. The number of nitrogens with zero attached hydrogens (tertiary/aromatic N) is 4. The first-order chi connectivity index (χ1) is 11.8. The highest BCUT2D eigenvalue weighted by Gasteiger charge is 2.22. The monoisotopic (exact) mass is 338 g/mol. The van der Waals surface area contributed by atoms with Crippen LogP contribution in [0.15, 0.2) is 59.6 Å². The van der Waals surface area contributed by atoms with Gasteiger partial charge in [-0.25, -0.2) is 0 Å². The highest BCUT2D eigenvalue weighted by atomic mass is 35.5. The van der Waals surface area contributed by atoms with Crippen LogP contribution < -0.4 is 0 Å². The molecular weight excluding hydrogens is 320 g/mol. The van der Waals surface area contributed by atoms with E-state index in [1.165, 1.54) is 5.56 Å². The van der Waals surface area contributed by atoms with Crippen LogP contribution in [0.4, 0.5) is 0 Å². The molecule has 1 atom stereocenters. The second-order valence-corrected chi connectivity index (χ2v) is 6.20. The molecule has 2 aromatic rings. The summed E-state index contributed by atoms with van der Waals surface area (Å²) >= 11 is 5.92. The van der Waals surface area contributed by atoms with E-state index in [9.17, 15) is 5.26 Å². The van der Waals surface area contributed by atoms with Crippen LogP contribution in [-0.4, -0.2) is 36.1 Å². The second kappa shape index (κ2) is 7.96. The summed E-state index contributed by atoms with van der Waals surface area (Å²) in [5, 5.41) is 14.5. The molecule has 0 radical (unpaired) electrons. The van der Waals surface area contributed by atoms with E-state index in [4.69, 9.17) is 11.6 Å². The van der Waals surface area contributed by atoms with Crippen LogP contribution in [0.1, 0.15) is 17.0 Å². The van der Waals surface area contributed by atoms with Crippen LogP contribution in [0.3, 0.4) is 0 Å². The third-order valence-corrected chi connectivity index (χ3v) is 4.37. The predicted octanol–water partition coefficient (Wildman–Crippen LogP) is 3.71. The zero-order valence-electron chi connectivity index (χ0n) is 13.3. The summed E-state index contributed by atoms with van der Waals surface area (Å²) in [5.74, 6) is -0.161. The van der Waals surface area contributed by atoms with Crippen molar-refractivity contribution in [1.82, 2.24) is 10.0 Å². The van der Waals surface area contributed by atoms with Gasteiger partial charge in [0.2, 0.25) is 0 Å². The smallest absolute Gasteiger partial charge is 0.110 e. The van der Waals surface area contributed by atoms with Crippen molar-refractivity contribution < 1.29 is 0 Å². The molecule has 0 bridgehead atoms. The molecule has 5 heteroatoms. The molecule has 122 valence electrons. The van der Waals surface area contributed by atoms with Crippen LogP contribution in [-0.2, 0) is 6.42 Å². The highest BCUT2D eigenvalue weighted by Crippen LogP contribution is 2.19. The second-order valence-electron chi connectivity index (χ2n) is 5.76. The summed E-state index contributed by atoms with van der Waals surface area (Å²) in [6, 6.07) is 20.2. The molecule has 24 heavy (non-hydrogen) atoms. The zero-order chi connectivity index (χ0) is 16.8. The Morgan fingerprint density at radius 3 is 2.58 bits per heavy atom. The predicted molar refractivity (Wildman–Crippen MR) is 96.7 cm³/mol. The van der Waals surface area contributed by atoms with Crippen molar-refractivity contribution in [1.29, 1.82) is 5.26 Å². The van der Waals surface area contributed by atoms with E-state index >= 15 is 0 Å². The fourth-order valence-electron chi connectivity index (χ4n) is 2.75. The molecule has 1 unspecified atom stereocenters. The molecule has 0 amide bonds. The molecule has 0 spiro atoms. The Kier molecular flexibility index (Phi) is 5.47. The minimum atomic E-state index is -0.161. The van der Waals surface area contributed by atoms with Gasteiger partial charge in [-0.15, -0.1) is 0 Å². The quantitative estimate of drug-likeness (QED) is 0.806. The van der Waals surface area contributed by atoms with Crippen molar-refractivity contribution in [3.05, 3.63) is 70.7 Å². The van der Waals surface area contributed by atoms with E-state index in [0.29, 0.717) is 13.2 Å². The molecule has 1 heterocycles. The number of nitriles is 1. The van der Waals surface area contributed by atoms with Gasteiger partial charge in [0.1, 0.15) is 13.0 Å². The Morgan fingerprint density at radius 2 is 1.88 bits per heavy atom. The van der Waals surface area contributed by atoms with Crippen molar-refractivity contribution in [3.63, 3.8) is 0 Å². The summed E-state index contributed by atoms with van der Waals surface area (Å²) < 4.78 is 0. The lowest BCUT2D eigenvalue weighted by atomic mass is 10.0. The number of hydrazine groups is 1. The van der Waals surface area contributed by atoms with Crippen molar-refractivity contribution in [2.24, 2.45) is 4.99 Å². The lowest BCUT2D eigenvalue weighted by Gasteiger charge is -2.29. The Bertz CT molecular complexity index is 721. The molecular formula is C19H19ClN4. The maximum absolute atomic E-state index is 9.51.